The van der Waals surface area contributed by atoms with E-state index in [2.05, 4.69) is 20.6 Å². The van der Waals surface area contributed by atoms with Crippen molar-refractivity contribution in [3.63, 3.8) is 0 Å². The van der Waals surface area contributed by atoms with Crippen molar-refractivity contribution in [2.75, 3.05) is 6.54 Å². The number of nitrogens with one attached hydrogen (secondary N) is 1. The molecule has 0 amide bonds. The maximum atomic E-state index is 10.3. The van der Waals surface area contributed by atoms with Gasteiger partial charge in [-0.3, -0.25) is 5.32 Å². The second-order valence-corrected chi connectivity index (χ2v) is 7.47. The van der Waals surface area contributed by atoms with E-state index in [0.29, 0.717) is 27.4 Å². The summed E-state index contributed by atoms with van der Waals surface area (Å²) >= 11 is 6.82. The van der Waals surface area contributed by atoms with Gasteiger partial charge in [0.2, 0.25) is 0 Å². The highest BCUT2D eigenvalue weighted by Gasteiger charge is 2.22. The predicted molar refractivity (Wildman–Crippen MR) is 117 cm³/mol. The molecule has 2 heterocycles. The van der Waals surface area contributed by atoms with Crippen molar-refractivity contribution >= 4 is 22.6 Å². The molecule has 1 unspecified atom stereocenters. The van der Waals surface area contributed by atoms with Gasteiger partial charge in [0, 0.05) is 17.7 Å². The molecule has 3 N–H and O–H groups in total. The van der Waals surface area contributed by atoms with Gasteiger partial charge in [0.25, 0.3) is 0 Å². The van der Waals surface area contributed by atoms with Gasteiger partial charge in [-0.2, -0.15) is 5.10 Å². The molecule has 30 heavy (non-hydrogen) atoms. The van der Waals surface area contributed by atoms with Crippen LogP contribution in [0.5, 0.6) is 0 Å². The number of hydrogen-bond acceptors (Lipinski definition) is 6. The largest absolute Gasteiger partial charge is 0.392 e. The number of fused-ring (bicyclic) bond motifs is 1. The van der Waals surface area contributed by atoms with Gasteiger partial charge < -0.3 is 10.2 Å². The third kappa shape index (κ3) is 4.20. The van der Waals surface area contributed by atoms with Crippen molar-refractivity contribution in [1.82, 2.24) is 25.3 Å². The minimum atomic E-state index is -0.916. The van der Waals surface area contributed by atoms with Crippen LogP contribution in [0.2, 0.25) is 5.02 Å². The van der Waals surface area contributed by atoms with Crippen LogP contribution >= 0.6 is 11.6 Å². The summed E-state index contributed by atoms with van der Waals surface area (Å²) in [5.74, 6) is 0. The average Bonchev–Trinajstić information content (AvgIpc) is 3.13. The number of hydrogen-bond donors (Lipinski definition) is 3. The number of nitrogens with zero attached hydrogens (tertiary/aromatic N) is 4. The molecule has 2 atom stereocenters. The van der Waals surface area contributed by atoms with E-state index in [4.69, 9.17) is 11.6 Å². The van der Waals surface area contributed by atoms with Crippen LogP contribution in [0.1, 0.15) is 6.92 Å². The van der Waals surface area contributed by atoms with Crippen LogP contribution in [0.4, 0.5) is 0 Å². The molecule has 0 aliphatic heterocycles. The summed E-state index contributed by atoms with van der Waals surface area (Å²) in [6, 6.07) is 19.3. The quantitative estimate of drug-likeness (QED) is 0.395. The van der Waals surface area contributed by atoms with Crippen molar-refractivity contribution in [3.8, 4) is 22.5 Å². The molecule has 8 heteroatoms. The Morgan fingerprint density at radius 1 is 0.933 bits per heavy atom. The molecule has 7 nitrogen and oxygen atoms in total. The number of benzene rings is 2. The van der Waals surface area contributed by atoms with Crippen molar-refractivity contribution in [1.29, 1.82) is 0 Å². The Hall–Kier alpha value is -2.84. The first-order chi connectivity index (χ1) is 14.5. The van der Waals surface area contributed by atoms with Crippen LogP contribution in [0, 0.1) is 0 Å². The molecule has 2 aromatic carbocycles. The van der Waals surface area contributed by atoms with Crippen LogP contribution in [0.15, 0.2) is 60.7 Å². The van der Waals surface area contributed by atoms with Gasteiger partial charge in [0.1, 0.15) is 17.6 Å². The van der Waals surface area contributed by atoms with Gasteiger partial charge in [-0.1, -0.05) is 72.3 Å². The van der Waals surface area contributed by atoms with Gasteiger partial charge >= 0.3 is 0 Å². The van der Waals surface area contributed by atoms with E-state index in [0.717, 1.165) is 11.1 Å². The molecule has 0 saturated carbocycles. The summed E-state index contributed by atoms with van der Waals surface area (Å²) in [6.45, 7) is 2.04. The molecule has 0 bridgehead atoms. The predicted octanol–water partition coefficient (Wildman–Crippen LogP) is 3.10. The van der Waals surface area contributed by atoms with Crippen LogP contribution < -0.4 is 5.32 Å². The monoisotopic (exact) mass is 423 g/mol. The standard InChI is InChI=1S/C22H22ClN5O2/c1-14(29)12-24-17(30)13-28-22-18(20(27-28)15-8-4-2-5-9-15)19(23)21(25-26-22)16-10-6-3-7-11-16/h2-11,14,17,24,29-30H,12-13H2,1H3/t14-,17?/m1/s1. The zero-order valence-electron chi connectivity index (χ0n) is 16.4. The van der Waals surface area contributed by atoms with Crippen LogP contribution in [0.3, 0.4) is 0 Å². The zero-order valence-corrected chi connectivity index (χ0v) is 17.2. The maximum absolute atomic E-state index is 10.3. The first kappa shape index (κ1) is 20.4. The van der Waals surface area contributed by atoms with Crippen molar-refractivity contribution in [2.24, 2.45) is 0 Å². The lowest BCUT2D eigenvalue weighted by Gasteiger charge is -2.14. The fourth-order valence-corrected chi connectivity index (χ4v) is 3.58. The van der Waals surface area contributed by atoms with Crippen molar-refractivity contribution in [2.45, 2.75) is 25.8 Å². The zero-order chi connectivity index (χ0) is 21.1. The summed E-state index contributed by atoms with van der Waals surface area (Å²) in [6.07, 6.45) is -1.49. The summed E-state index contributed by atoms with van der Waals surface area (Å²) < 4.78 is 1.59. The Bertz CT molecular complexity index is 1130. The Labute approximate surface area is 179 Å². The number of rotatable bonds is 7. The van der Waals surface area contributed by atoms with E-state index in [1.54, 1.807) is 11.6 Å². The van der Waals surface area contributed by atoms with E-state index < -0.39 is 12.3 Å². The van der Waals surface area contributed by atoms with Crippen LogP contribution in [-0.4, -0.2) is 49.1 Å². The lowest BCUT2D eigenvalue weighted by Crippen LogP contribution is -2.37. The third-order valence-electron chi connectivity index (χ3n) is 4.69. The summed E-state index contributed by atoms with van der Waals surface area (Å²) in [5.41, 5.74) is 3.49. The lowest BCUT2D eigenvalue weighted by atomic mass is 10.1. The number of aliphatic hydroxyl groups excluding tert-OH is 2. The normalized spacial score (nSPS) is 13.5. The van der Waals surface area contributed by atoms with Crippen molar-refractivity contribution < 1.29 is 10.2 Å². The fraction of sp³-hybridized carbons (Fsp3) is 0.227. The molecule has 154 valence electrons. The molecule has 4 rings (SSSR count). The van der Waals surface area contributed by atoms with E-state index in [1.165, 1.54) is 0 Å². The lowest BCUT2D eigenvalue weighted by molar-refractivity contribution is 0.0923. The third-order valence-corrected chi connectivity index (χ3v) is 5.05. The molecule has 0 aliphatic carbocycles. The highest BCUT2D eigenvalue weighted by Crippen LogP contribution is 2.37. The number of halogens is 1. The number of aromatic nitrogens is 4. The first-order valence-electron chi connectivity index (χ1n) is 9.67. The smallest absolute Gasteiger partial charge is 0.182 e. The second-order valence-electron chi connectivity index (χ2n) is 7.10. The molecular weight excluding hydrogens is 402 g/mol. The minimum Gasteiger partial charge on any atom is -0.392 e. The van der Waals surface area contributed by atoms with Gasteiger partial charge in [0.15, 0.2) is 5.65 Å². The molecule has 2 aromatic heterocycles. The average molecular weight is 424 g/mol. The Kier molecular flexibility index (Phi) is 6.06. The van der Waals surface area contributed by atoms with Crippen LogP contribution in [-0.2, 0) is 6.54 Å². The first-order valence-corrected chi connectivity index (χ1v) is 10.1. The van der Waals surface area contributed by atoms with Crippen molar-refractivity contribution in [3.05, 3.63) is 65.7 Å². The topological polar surface area (TPSA) is 96.1 Å². The molecular formula is C22H22ClN5O2. The summed E-state index contributed by atoms with van der Waals surface area (Å²) in [4.78, 5) is 0. The van der Waals surface area contributed by atoms with Gasteiger partial charge in [0.05, 0.1) is 23.1 Å². The summed E-state index contributed by atoms with van der Waals surface area (Å²) in [5, 5.41) is 37.2. The van der Waals surface area contributed by atoms with Gasteiger partial charge in [-0.15, -0.1) is 10.2 Å². The van der Waals surface area contributed by atoms with E-state index in [1.807, 2.05) is 60.7 Å². The molecule has 0 radical (unpaired) electrons. The Balaban J connectivity index is 1.83. The molecule has 4 aromatic rings. The number of aliphatic hydroxyl groups is 2. The van der Waals surface area contributed by atoms with E-state index in [-0.39, 0.29) is 13.1 Å². The molecule has 0 spiro atoms. The summed E-state index contributed by atoms with van der Waals surface area (Å²) in [7, 11) is 0. The minimum absolute atomic E-state index is 0.131. The Morgan fingerprint density at radius 2 is 1.53 bits per heavy atom. The van der Waals surface area contributed by atoms with E-state index >= 15 is 0 Å². The SMILES string of the molecule is C[C@@H](O)CNC(O)Cn1nc(-c2ccccc2)c2c(Cl)c(-c3ccccc3)nnc21. The molecule has 0 fully saturated rings. The van der Waals surface area contributed by atoms with Gasteiger partial charge in [-0.25, -0.2) is 4.68 Å². The highest BCUT2D eigenvalue weighted by molar-refractivity contribution is 6.38. The molecule has 0 aliphatic rings. The van der Waals surface area contributed by atoms with Crippen LogP contribution in [0.25, 0.3) is 33.5 Å². The van der Waals surface area contributed by atoms with E-state index in [9.17, 15) is 10.2 Å². The Morgan fingerprint density at radius 3 is 2.13 bits per heavy atom. The fourth-order valence-electron chi connectivity index (χ4n) is 3.26. The van der Waals surface area contributed by atoms with Gasteiger partial charge in [-0.05, 0) is 6.92 Å². The molecule has 0 saturated heterocycles. The second kappa shape index (κ2) is 8.89. The maximum Gasteiger partial charge on any atom is 0.182 e. The highest BCUT2D eigenvalue weighted by atomic mass is 35.5.